The molecule has 18 heavy (non-hydrogen) atoms. The lowest BCUT2D eigenvalue weighted by Crippen LogP contribution is -2.24. The molecule has 0 aliphatic carbocycles. The summed E-state index contributed by atoms with van der Waals surface area (Å²) in [6.45, 7) is 0. The van der Waals surface area contributed by atoms with Crippen LogP contribution in [0.5, 0.6) is 0 Å². The van der Waals surface area contributed by atoms with Crippen LogP contribution in [-0.4, -0.2) is 11.1 Å². The predicted molar refractivity (Wildman–Crippen MR) is 74.0 cm³/mol. The summed E-state index contributed by atoms with van der Waals surface area (Å²) in [5.41, 5.74) is 3.22. The van der Waals surface area contributed by atoms with E-state index >= 15 is 0 Å². The minimum absolute atomic E-state index is 0.0147. The van der Waals surface area contributed by atoms with E-state index in [9.17, 15) is 5.11 Å². The summed E-state index contributed by atoms with van der Waals surface area (Å²) in [6.07, 6.45) is 0.292. The second-order valence-corrected chi connectivity index (χ2v) is 5.05. The van der Waals surface area contributed by atoms with Crippen LogP contribution < -0.4 is 5.32 Å². The molecule has 2 nitrogen and oxygen atoms in total. The van der Waals surface area contributed by atoms with E-state index < -0.39 is 6.10 Å². The van der Waals surface area contributed by atoms with Crippen molar-refractivity contribution in [1.29, 1.82) is 0 Å². The quantitative estimate of drug-likeness (QED) is 0.866. The number of anilines is 1. The van der Waals surface area contributed by atoms with E-state index in [0.717, 1.165) is 17.7 Å². The summed E-state index contributed by atoms with van der Waals surface area (Å²) in [4.78, 5) is 0. The van der Waals surface area contributed by atoms with E-state index in [0.29, 0.717) is 5.02 Å². The number of rotatable bonds is 2. The highest BCUT2D eigenvalue weighted by atomic mass is 35.5. The number of halogens is 1. The van der Waals surface area contributed by atoms with Crippen molar-refractivity contribution >= 4 is 17.3 Å². The predicted octanol–water partition coefficient (Wildman–Crippen LogP) is 3.41. The number of hydrogen-bond acceptors (Lipinski definition) is 2. The van der Waals surface area contributed by atoms with Crippen molar-refractivity contribution < 1.29 is 5.11 Å². The molecule has 0 saturated carbocycles. The SMILES string of the molecule is OC(c1cccc(Cl)c1)C1Cc2ccccc2N1. The maximum absolute atomic E-state index is 10.4. The van der Waals surface area contributed by atoms with Gasteiger partial charge in [0.25, 0.3) is 0 Å². The Labute approximate surface area is 111 Å². The lowest BCUT2D eigenvalue weighted by molar-refractivity contribution is 0.156. The third-order valence-electron chi connectivity index (χ3n) is 3.37. The Morgan fingerprint density at radius 2 is 2.00 bits per heavy atom. The summed E-state index contributed by atoms with van der Waals surface area (Å²) in [7, 11) is 0. The summed E-state index contributed by atoms with van der Waals surface area (Å²) >= 11 is 5.95. The van der Waals surface area contributed by atoms with Gasteiger partial charge in [-0.1, -0.05) is 41.9 Å². The average Bonchev–Trinajstić information content (AvgIpc) is 2.81. The van der Waals surface area contributed by atoms with E-state index in [1.165, 1.54) is 5.56 Å². The van der Waals surface area contributed by atoms with E-state index in [4.69, 9.17) is 11.6 Å². The van der Waals surface area contributed by atoms with Gasteiger partial charge in [-0.2, -0.15) is 0 Å². The number of aliphatic hydroxyl groups excluding tert-OH is 1. The maximum Gasteiger partial charge on any atom is 0.0994 e. The Morgan fingerprint density at radius 1 is 1.17 bits per heavy atom. The van der Waals surface area contributed by atoms with Gasteiger partial charge >= 0.3 is 0 Å². The first-order chi connectivity index (χ1) is 8.74. The molecule has 2 aromatic rings. The molecule has 0 amide bonds. The average molecular weight is 260 g/mol. The molecule has 0 spiro atoms. The van der Waals surface area contributed by atoms with Crippen LogP contribution in [0.4, 0.5) is 5.69 Å². The van der Waals surface area contributed by atoms with Gasteiger partial charge in [-0.05, 0) is 35.7 Å². The van der Waals surface area contributed by atoms with Gasteiger partial charge in [-0.25, -0.2) is 0 Å². The fraction of sp³-hybridized carbons (Fsp3) is 0.200. The van der Waals surface area contributed by atoms with Crippen molar-refractivity contribution in [3.05, 3.63) is 64.7 Å². The molecular formula is C15H14ClNO. The molecule has 0 bridgehead atoms. The van der Waals surface area contributed by atoms with Crippen molar-refractivity contribution in [2.75, 3.05) is 5.32 Å². The Balaban J connectivity index is 1.82. The van der Waals surface area contributed by atoms with E-state index in [2.05, 4.69) is 11.4 Å². The third kappa shape index (κ3) is 2.09. The van der Waals surface area contributed by atoms with Gasteiger partial charge in [0, 0.05) is 10.7 Å². The molecule has 3 rings (SSSR count). The van der Waals surface area contributed by atoms with Gasteiger partial charge < -0.3 is 10.4 Å². The van der Waals surface area contributed by atoms with Crippen LogP contribution in [0.2, 0.25) is 5.02 Å². The van der Waals surface area contributed by atoms with Crippen LogP contribution >= 0.6 is 11.6 Å². The molecule has 3 heteroatoms. The molecule has 1 heterocycles. The van der Waals surface area contributed by atoms with Crippen molar-refractivity contribution in [1.82, 2.24) is 0 Å². The summed E-state index contributed by atoms with van der Waals surface area (Å²) in [5, 5.41) is 14.4. The number of benzene rings is 2. The fourth-order valence-corrected chi connectivity index (χ4v) is 2.64. The highest BCUT2D eigenvalue weighted by molar-refractivity contribution is 6.30. The van der Waals surface area contributed by atoms with E-state index in [1.807, 2.05) is 42.5 Å². The molecule has 1 aliphatic rings. The zero-order chi connectivity index (χ0) is 12.5. The van der Waals surface area contributed by atoms with Gasteiger partial charge in [-0.3, -0.25) is 0 Å². The van der Waals surface area contributed by atoms with Gasteiger partial charge in [0.2, 0.25) is 0 Å². The number of para-hydroxylation sites is 1. The van der Waals surface area contributed by atoms with Crippen molar-refractivity contribution in [2.45, 2.75) is 18.6 Å². The molecule has 0 fully saturated rings. The number of hydrogen-bond donors (Lipinski definition) is 2. The topological polar surface area (TPSA) is 32.3 Å². The number of fused-ring (bicyclic) bond motifs is 1. The van der Waals surface area contributed by atoms with Gasteiger partial charge in [-0.15, -0.1) is 0 Å². The molecule has 0 saturated heterocycles. The highest BCUT2D eigenvalue weighted by Gasteiger charge is 2.27. The van der Waals surface area contributed by atoms with Crippen LogP contribution in [0.15, 0.2) is 48.5 Å². The first-order valence-corrected chi connectivity index (χ1v) is 6.40. The molecule has 2 unspecified atom stereocenters. The summed E-state index contributed by atoms with van der Waals surface area (Å²) < 4.78 is 0. The largest absolute Gasteiger partial charge is 0.386 e. The fourth-order valence-electron chi connectivity index (χ4n) is 2.44. The lowest BCUT2D eigenvalue weighted by Gasteiger charge is -2.19. The monoisotopic (exact) mass is 259 g/mol. The van der Waals surface area contributed by atoms with Crippen LogP contribution in [0.3, 0.4) is 0 Å². The summed E-state index contributed by atoms with van der Waals surface area (Å²) in [6, 6.07) is 15.6. The molecule has 1 aliphatic heterocycles. The second kappa shape index (κ2) is 4.63. The van der Waals surface area contributed by atoms with Crippen molar-refractivity contribution in [3.8, 4) is 0 Å². The van der Waals surface area contributed by atoms with E-state index in [-0.39, 0.29) is 6.04 Å². The van der Waals surface area contributed by atoms with Gasteiger partial charge in [0.15, 0.2) is 0 Å². The zero-order valence-electron chi connectivity index (χ0n) is 9.81. The molecule has 92 valence electrons. The van der Waals surface area contributed by atoms with Crippen molar-refractivity contribution in [3.63, 3.8) is 0 Å². The summed E-state index contributed by atoms with van der Waals surface area (Å²) in [5.74, 6) is 0. The second-order valence-electron chi connectivity index (χ2n) is 4.61. The normalized spacial score (nSPS) is 19.1. The molecule has 0 aromatic heterocycles. The number of aliphatic hydroxyl groups is 1. The molecule has 0 radical (unpaired) electrons. The van der Waals surface area contributed by atoms with Crippen LogP contribution in [0.25, 0.3) is 0 Å². The van der Waals surface area contributed by atoms with Crippen LogP contribution in [0.1, 0.15) is 17.2 Å². The van der Waals surface area contributed by atoms with Gasteiger partial charge in [0.1, 0.15) is 0 Å². The van der Waals surface area contributed by atoms with E-state index in [1.54, 1.807) is 0 Å². The van der Waals surface area contributed by atoms with Crippen molar-refractivity contribution in [2.24, 2.45) is 0 Å². The van der Waals surface area contributed by atoms with Crippen LogP contribution in [-0.2, 0) is 6.42 Å². The highest BCUT2D eigenvalue weighted by Crippen LogP contribution is 2.32. The zero-order valence-corrected chi connectivity index (χ0v) is 10.6. The first kappa shape index (κ1) is 11.6. The Bertz CT molecular complexity index is 545. The third-order valence-corrected chi connectivity index (χ3v) is 3.60. The number of nitrogens with one attached hydrogen (secondary N) is 1. The Kier molecular flexibility index (Phi) is 2.98. The lowest BCUT2D eigenvalue weighted by atomic mass is 9.99. The maximum atomic E-state index is 10.4. The molecule has 2 N–H and O–H groups in total. The van der Waals surface area contributed by atoms with Gasteiger partial charge in [0.05, 0.1) is 12.1 Å². The minimum Gasteiger partial charge on any atom is -0.386 e. The molecule has 2 atom stereocenters. The Morgan fingerprint density at radius 3 is 2.78 bits per heavy atom. The molecule has 2 aromatic carbocycles. The standard InChI is InChI=1S/C15H14ClNO/c16-12-6-3-5-11(8-12)15(18)14-9-10-4-1-2-7-13(10)17-14/h1-8,14-15,17-18H,9H2. The smallest absolute Gasteiger partial charge is 0.0994 e. The first-order valence-electron chi connectivity index (χ1n) is 6.02. The van der Waals surface area contributed by atoms with Crippen LogP contribution in [0, 0.1) is 0 Å². The Hall–Kier alpha value is -1.51. The minimum atomic E-state index is -0.545. The molecular weight excluding hydrogens is 246 g/mol.